The van der Waals surface area contributed by atoms with Crippen LogP contribution in [0.25, 0.3) is 0 Å². The molecule has 0 aliphatic carbocycles. The number of pyridine rings is 1. The molecule has 2 N–H and O–H groups in total. The lowest BCUT2D eigenvalue weighted by Crippen LogP contribution is -2.14. The molecule has 1 heterocycles. The number of primary sulfonamides is 1. The molecule has 1 aromatic rings. The van der Waals surface area contributed by atoms with Gasteiger partial charge in [0.15, 0.2) is 0 Å². The van der Waals surface area contributed by atoms with Crippen LogP contribution >= 0.6 is 27.5 Å². The van der Waals surface area contributed by atoms with Crippen molar-refractivity contribution in [3.05, 3.63) is 27.5 Å². The SMILES string of the molecule is NS(=O)(=O)Cc1cc(Cl)ncc1Br. The van der Waals surface area contributed by atoms with E-state index in [1.165, 1.54) is 12.3 Å². The predicted octanol–water partition coefficient (Wildman–Crippen LogP) is 1.29. The summed E-state index contributed by atoms with van der Waals surface area (Å²) in [5, 5.41) is 5.11. The lowest BCUT2D eigenvalue weighted by molar-refractivity contribution is 0.597. The summed E-state index contributed by atoms with van der Waals surface area (Å²) in [5.41, 5.74) is 0.502. The molecule has 0 saturated carbocycles. The quantitative estimate of drug-likeness (QED) is 0.832. The Morgan fingerprint density at radius 1 is 1.62 bits per heavy atom. The van der Waals surface area contributed by atoms with Gasteiger partial charge in [0, 0.05) is 10.7 Å². The zero-order valence-electron chi connectivity index (χ0n) is 6.37. The highest BCUT2D eigenvalue weighted by molar-refractivity contribution is 9.10. The van der Waals surface area contributed by atoms with E-state index in [4.69, 9.17) is 16.7 Å². The fraction of sp³-hybridized carbons (Fsp3) is 0.167. The van der Waals surface area contributed by atoms with Crippen LogP contribution in [0.2, 0.25) is 5.15 Å². The van der Waals surface area contributed by atoms with Gasteiger partial charge in [-0.05, 0) is 27.6 Å². The molecule has 1 rings (SSSR count). The summed E-state index contributed by atoms with van der Waals surface area (Å²) in [5.74, 6) is -0.254. The summed E-state index contributed by atoms with van der Waals surface area (Å²) in [6.45, 7) is 0. The van der Waals surface area contributed by atoms with E-state index in [1.807, 2.05) is 0 Å². The van der Waals surface area contributed by atoms with Crippen molar-refractivity contribution in [2.24, 2.45) is 5.14 Å². The van der Waals surface area contributed by atoms with E-state index >= 15 is 0 Å². The Bertz CT molecular complexity index is 421. The van der Waals surface area contributed by atoms with Gasteiger partial charge in [-0.15, -0.1) is 0 Å². The molecular weight excluding hydrogens is 280 g/mol. The first kappa shape index (κ1) is 10.9. The van der Waals surface area contributed by atoms with E-state index < -0.39 is 10.0 Å². The van der Waals surface area contributed by atoms with Gasteiger partial charge in [0.2, 0.25) is 10.0 Å². The lowest BCUT2D eigenvalue weighted by atomic mass is 10.3. The smallest absolute Gasteiger partial charge is 0.213 e. The molecule has 1 aromatic heterocycles. The molecular formula is C6H6BrClN2O2S. The molecule has 0 radical (unpaired) electrons. The molecule has 0 atom stereocenters. The minimum Gasteiger partial charge on any atom is -0.243 e. The molecule has 13 heavy (non-hydrogen) atoms. The topological polar surface area (TPSA) is 73.1 Å². The van der Waals surface area contributed by atoms with E-state index in [0.717, 1.165) is 0 Å². The van der Waals surface area contributed by atoms with Gasteiger partial charge in [0.05, 0.1) is 5.75 Å². The molecule has 0 amide bonds. The third kappa shape index (κ3) is 3.60. The van der Waals surface area contributed by atoms with Crippen LogP contribution in [-0.4, -0.2) is 13.4 Å². The number of nitrogens with two attached hydrogens (primary N) is 1. The molecule has 72 valence electrons. The molecule has 0 aliphatic rings. The summed E-state index contributed by atoms with van der Waals surface area (Å²) in [6, 6.07) is 1.45. The molecule has 0 saturated heterocycles. The number of halogens is 2. The maximum atomic E-state index is 10.8. The van der Waals surface area contributed by atoms with E-state index in [-0.39, 0.29) is 10.9 Å². The van der Waals surface area contributed by atoms with E-state index in [1.54, 1.807) is 0 Å². The maximum Gasteiger partial charge on any atom is 0.213 e. The van der Waals surface area contributed by atoms with Gasteiger partial charge in [-0.1, -0.05) is 11.6 Å². The fourth-order valence-corrected chi connectivity index (χ4v) is 2.17. The standard InChI is InChI=1S/C6H6BrClN2O2S/c7-5-2-10-6(8)1-4(5)3-13(9,11)12/h1-2H,3H2,(H2,9,11,12). The van der Waals surface area contributed by atoms with Gasteiger partial charge < -0.3 is 0 Å². The number of nitrogens with zero attached hydrogens (tertiary/aromatic N) is 1. The second kappa shape index (κ2) is 3.91. The second-order valence-electron chi connectivity index (χ2n) is 2.41. The summed E-state index contributed by atoms with van der Waals surface area (Å²) in [6.07, 6.45) is 1.43. The van der Waals surface area contributed by atoms with Crippen LogP contribution in [-0.2, 0) is 15.8 Å². The van der Waals surface area contributed by atoms with Crippen LogP contribution in [0.1, 0.15) is 5.56 Å². The minimum atomic E-state index is -3.53. The first-order chi connectivity index (χ1) is 5.88. The molecule has 0 fully saturated rings. The maximum absolute atomic E-state index is 10.8. The number of sulfonamides is 1. The summed E-state index contributed by atoms with van der Waals surface area (Å²) in [7, 11) is -3.53. The van der Waals surface area contributed by atoms with Gasteiger partial charge in [0.25, 0.3) is 0 Å². The van der Waals surface area contributed by atoms with Crippen molar-refractivity contribution in [2.75, 3.05) is 0 Å². The molecule has 0 aliphatic heterocycles. The number of hydrogen-bond acceptors (Lipinski definition) is 3. The Morgan fingerprint density at radius 2 is 2.23 bits per heavy atom. The van der Waals surface area contributed by atoms with Gasteiger partial charge in [0.1, 0.15) is 5.15 Å². The number of rotatable bonds is 2. The summed E-state index contributed by atoms with van der Waals surface area (Å²) in [4.78, 5) is 3.75. The molecule has 0 spiro atoms. The Kier molecular flexibility index (Phi) is 3.28. The fourth-order valence-electron chi connectivity index (χ4n) is 0.779. The predicted molar refractivity (Wildman–Crippen MR) is 53.8 cm³/mol. The van der Waals surface area contributed by atoms with Crippen LogP contribution in [0.3, 0.4) is 0 Å². The normalized spacial score (nSPS) is 11.6. The van der Waals surface area contributed by atoms with Crippen LogP contribution in [0.4, 0.5) is 0 Å². The highest BCUT2D eigenvalue weighted by Crippen LogP contribution is 2.19. The van der Waals surface area contributed by atoms with Crippen LogP contribution in [0.5, 0.6) is 0 Å². The monoisotopic (exact) mass is 284 g/mol. The average molecular weight is 286 g/mol. The summed E-state index contributed by atoms with van der Waals surface area (Å²) >= 11 is 8.72. The van der Waals surface area contributed by atoms with E-state index in [0.29, 0.717) is 10.0 Å². The number of aromatic nitrogens is 1. The Labute approximate surface area is 89.3 Å². The van der Waals surface area contributed by atoms with Gasteiger partial charge >= 0.3 is 0 Å². The van der Waals surface area contributed by atoms with E-state index in [2.05, 4.69) is 20.9 Å². The zero-order chi connectivity index (χ0) is 10.1. The van der Waals surface area contributed by atoms with Crippen molar-refractivity contribution in [3.8, 4) is 0 Å². The van der Waals surface area contributed by atoms with Crippen molar-refractivity contribution in [3.63, 3.8) is 0 Å². The number of hydrogen-bond donors (Lipinski definition) is 1. The van der Waals surface area contributed by atoms with Crippen LogP contribution in [0.15, 0.2) is 16.7 Å². The highest BCUT2D eigenvalue weighted by Gasteiger charge is 2.09. The van der Waals surface area contributed by atoms with Crippen molar-refractivity contribution in [1.82, 2.24) is 4.98 Å². The molecule has 0 aromatic carbocycles. The Hall–Kier alpha value is -0.170. The largest absolute Gasteiger partial charge is 0.243 e. The van der Waals surface area contributed by atoms with Gasteiger partial charge in [-0.25, -0.2) is 18.5 Å². The van der Waals surface area contributed by atoms with E-state index in [9.17, 15) is 8.42 Å². The first-order valence-electron chi connectivity index (χ1n) is 3.19. The van der Waals surface area contributed by atoms with Crippen LogP contribution in [0, 0.1) is 0 Å². The van der Waals surface area contributed by atoms with Crippen molar-refractivity contribution in [2.45, 2.75) is 5.75 Å². The van der Waals surface area contributed by atoms with Crippen molar-refractivity contribution in [1.29, 1.82) is 0 Å². The Morgan fingerprint density at radius 3 is 2.77 bits per heavy atom. The molecule has 7 heteroatoms. The minimum absolute atomic E-state index is 0.238. The Balaban J connectivity index is 3.08. The molecule has 0 bridgehead atoms. The molecule has 0 unspecified atom stereocenters. The van der Waals surface area contributed by atoms with Gasteiger partial charge in [-0.2, -0.15) is 0 Å². The lowest BCUT2D eigenvalue weighted by Gasteiger charge is -2.01. The summed E-state index contributed by atoms with van der Waals surface area (Å²) < 4.78 is 22.1. The van der Waals surface area contributed by atoms with Crippen LogP contribution < -0.4 is 5.14 Å². The van der Waals surface area contributed by atoms with Gasteiger partial charge in [-0.3, -0.25) is 0 Å². The first-order valence-corrected chi connectivity index (χ1v) is 6.07. The molecule has 4 nitrogen and oxygen atoms in total. The second-order valence-corrected chi connectivity index (χ2v) is 5.26. The third-order valence-electron chi connectivity index (χ3n) is 1.26. The third-order valence-corrected chi connectivity index (χ3v) is 2.89. The zero-order valence-corrected chi connectivity index (χ0v) is 9.53. The highest BCUT2D eigenvalue weighted by atomic mass is 79.9. The average Bonchev–Trinajstić information content (AvgIpc) is 1.94. The van der Waals surface area contributed by atoms with Crippen molar-refractivity contribution >= 4 is 37.6 Å². The van der Waals surface area contributed by atoms with Crippen molar-refractivity contribution < 1.29 is 8.42 Å².